The van der Waals surface area contributed by atoms with Crippen LogP contribution in [0.15, 0.2) is 16.6 Å². The molecule has 102 valence electrons. The maximum atomic E-state index is 13.8. The molecule has 1 aromatic rings. The van der Waals surface area contributed by atoms with Crippen molar-refractivity contribution in [2.45, 2.75) is 51.6 Å². The van der Waals surface area contributed by atoms with E-state index in [4.69, 9.17) is 0 Å². The molecule has 0 aromatic heterocycles. The zero-order valence-corrected chi connectivity index (χ0v) is 12.4. The zero-order valence-electron chi connectivity index (χ0n) is 10.8. The van der Waals surface area contributed by atoms with Crippen LogP contribution in [-0.4, -0.2) is 10.7 Å². The van der Waals surface area contributed by atoms with Gasteiger partial charge in [0.25, 0.3) is 0 Å². The molecule has 1 nitrogen and oxygen atoms in total. The van der Waals surface area contributed by atoms with Crippen molar-refractivity contribution in [3.8, 4) is 0 Å². The summed E-state index contributed by atoms with van der Waals surface area (Å²) < 4.78 is 27.6. The van der Waals surface area contributed by atoms with E-state index in [-0.39, 0.29) is 16.5 Å². The van der Waals surface area contributed by atoms with Gasteiger partial charge in [-0.1, -0.05) is 26.2 Å². The lowest BCUT2D eigenvalue weighted by molar-refractivity contribution is 0.0468. The summed E-state index contributed by atoms with van der Waals surface area (Å²) in [6, 6.07) is 2.55. The molecule has 0 saturated heterocycles. The third-order valence-corrected chi connectivity index (χ3v) is 3.63. The van der Waals surface area contributed by atoms with Crippen LogP contribution in [0.5, 0.6) is 0 Å². The van der Waals surface area contributed by atoms with E-state index in [9.17, 15) is 13.9 Å². The predicted octanol–water partition coefficient (Wildman–Crippen LogP) is 4.60. The highest BCUT2D eigenvalue weighted by Crippen LogP contribution is 2.27. The average Bonchev–Trinajstić information content (AvgIpc) is 2.30. The molecule has 0 aliphatic rings. The van der Waals surface area contributed by atoms with Crippen LogP contribution in [0.2, 0.25) is 0 Å². The van der Waals surface area contributed by atoms with Crippen molar-refractivity contribution in [3.63, 3.8) is 0 Å². The molecule has 0 spiro atoms. The lowest BCUT2D eigenvalue weighted by Gasteiger charge is -2.24. The molecule has 1 atom stereocenters. The Hall–Kier alpha value is -0.480. The number of halogens is 3. The Labute approximate surface area is 115 Å². The van der Waals surface area contributed by atoms with Crippen LogP contribution in [0.25, 0.3) is 0 Å². The highest BCUT2D eigenvalue weighted by Gasteiger charge is 2.25. The van der Waals surface area contributed by atoms with Crippen molar-refractivity contribution in [3.05, 3.63) is 33.8 Å². The summed E-state index contributed by atoms with van der Waals surface area (Å²) in [5, 5.41) is 10.2. The van der Waals surface area contributed by atoms with Crippen molar-refractivity contribution in [1.82, 2.24) is 0 Å². The Balaban J connectivity index is 2.80. The van der Waals surface area contributed by atoms with E-state index in [0.717, 1.165) is 19.3 Å². The molecular formula is C14H19BrF2O. The van der Waals surface area contributed by atoms with Crippen molar-refractivity contribution >= 4 is 15.9 Å². The summed E-state index contributed by atoms with van der Waals surface area (Å²) in [6.45, 7) is 3.70. The maximum absolute atomic E-state index is 13.8. The standard InChI is InChI=1S/C14H19BrF2O/c1-3-4-5-8-14(2,18)9-10-12(16)7-6-11(15)13(10)17/h6-7,18H,3-5,8-9H2,1-2H3. The second-order valence-corrected chi connectivity index (χ2v) is 5.81. The van der Waals surface area contributed by atoms with Crippen molar-refractivity contribution in [1.29, 1.82) is 0 Å². The van der Waals surface area contributed by atoms with E-state index in [2.05, 4.69) is 22.9 Å². The minimum Gasteiger partial charge on any atom is -0.390 e. The molecule has 1 N–H and O–H groups in total. The number of hydrogen-bond donors (Lipinski definition) is 1. The molecule has 1 rings (SSSR count). The number of unbranched alkanes of at least 4 members (excludes halogenated alkanes) is 2. The Morgan fingerprint density at radius 1 is 1.28 bits per heavy atom. The van der Waals surface area contributed by atoms with E-state index < -0.39 is 17.2 Å². The van der Waals surface area contributed by atoms with Crippen LogP contribution in [-0.2, 0) is 6.42 Å². The fraction of sp³-hybridized carbons (Fsp3) is 0.571. The van der Waals surface area contributed by atoms with Crippen LogP contribution in [0.3, 0.4) is 0 Å². The van der Waals surface area contributed by atoms with Crippen LogP contribution in [0, 0.1) is 11.6 Å². The minimum atomic E-state index is -1.07. The highest BCUT2D eigenvalue weighted by atomic mass is 79.9. The first-order chi connectivity index (χ1) is 8.37. The molecule has 0 amide bonds. The molecule has 4 heteroatoms. The van der Waals surface area contributed by atoms with E-state index in [1.165, 1.54) is 12.1 Å². The second kappa shape index (κ2) is 6.62. The van der Waals surface area contributed by atoms with Crippen LogP contribution < -0.4 is 0 Å². The number of aliphatic hydroxyl groups is 1. The molecule has 0 heterocycles. The van der Waals surface area contributed by atoms with E-state index >= 15 is 0 Å². The summed E-state index contributed by atoms with van der Waals surface area (Å²) in [4.78, 5) is 0. The van der Waals surface area contributed by atoms with Gasteiger partial charge in [-0.25, -0.2) is 8.78 Å². The van der Waals surface area contributed by atoms with E-state index in [1.807, 2.05) is 0 Å². The number of hydrogen-bond acceptors (Lipinski definition) is 1. The van der Waals surface area contributed by atoms with Gasteiger partial charge in [-0.3, -0.25) is 0 Å². The summed E-state index contributed by atoms with van der Waals surface area (Å²) in [5.41, 5.74) is -1.12. The van der Waals surface area contributed by atoms with Crippen LogP contribution in [0.4, 0.5) is 8.78 Å². The van der Waals surface area contributed by atoms with Gasteiger partial charge in [-0.15, -0.1) is 0 Å². The van der Waals surface area contributed by atoms with E-state index in [0.29, 0.717) is 6.42 Å². The topological polar surface area (TPSA) is 20.2 Å². The molecule has 0 aliphatic carbocycles. The van der Waals surface area contributed by atoms with Gasteiger partial charge in [-0.05, 0) is 41.4 Å². The number of rotatable bonds is 6. The molecular weight excluding hydrogens is 302 g/mol. The Morgan fingerprint density at radius 3 is 2.56 bits per heavy atom. The number of benzene rings is 1. The monoisotopic (exact) mass is 320 g/mol. The van der Waals surface area contributed by atoms with Crippen molar-refractivity contribution in [2.75, 3.05) is 0 Å². The fourth-order valence-corrected chi connectivity index (χ4v) is 2.33. The van der Waals surface area contributed by atoms with Crippen molar-refractivity contribution < 1.29 is 13.9 Å². The summed E-state index contributed by atoms with van der Waals surface area (Å²) in [6.07, 6.45) is 3.47. The summed E-state index contributed by atoms with van der Waals surface area (Å²) in [5.74, 6) is -1.22. The molecule has 0 radical (unpaired) electrons. The Bertz CT molecular complexity index is 405. The quantitative estimate of drug-likeness (QED) is 0.600. The fourth-order valence-electron chi connectivity index (χ4n) is 1.96. The molecule has 1 aromatic carbocycles. The van der Waals surface area contributed by atoms with Gasteiger partial charge in [0.1, 0.15) is 11.6 Å². The first kappa shape index (κ1) is 15.6. The van der Waals surface area contributed by atoms with Gasteiger partial charge >= 0.3 is 0 Å². The first-order valence-corrected chi connectivity index (χ1v) is 7.01. The highest BCUT2D eigenvalue weighted by molar-refractivity contribution is 9.10. The maximum Gasteiger partial charge on any atom is 0.143 e. The minimum absolute atomic E-state index is 0.00613. The average molecular weight is 321 g/mol. The zero-order chi connectivity index (χ0) is 13.8. The lowest BCUT2D eigenvalue weighted by atomic mass is 9.90. The predicted molar refractivity (Wildman–Crippen MR) is 72.5 cm³/mol. The largest absolute Gasteiger partial charge is 0.390 e. The van der Waals surface area contributed by atoms with Gasteiger partial charge in [0.05, 0.1) is 10.1 Å². The van der Waals surface area contributed by atoms with Crippen LogP contribution >= 0.6 is 15.9 Å². The normalized spacial score (nSPS) is 14.6. The molecule has 0 saturated carbocycles. The van der Waals surface area contributed by atoms with Gasteiger partial charge < -0.3 is 5.11 Å². The Kier molecular flexibility index (Phi) is 5.73. The van der Waals surface area contributed by atoms with Gasteiger partial charge in [0.2, 0.25) is 0 Å². The molecule has 0 bridgehead atoms. The van der Waals surface area contributed by atoms with Gasteiger partial charge in [-0.2, -0.15) is 0 Å². The van der Waals surface area contributed by atoms with E-state index in [1.54, 1.807) is 6.92 Å². The van der Waals surface area contributed by atoms with Crippen LogP contribution in [0.1, 0.15) is 45.1 Å². The SMILES string of the molecule is CCCCCC(C)(O)Cc1c(F)ccc(Br)c1F. The third-order valence-electron chi connectivity index (χ3n) is 3.02. The van der Waals surface area contributed by atoms with Gasteiger partial charge in [0.15, 0.2) is 0 Å². The second-order valence-electron chi connectivity index (χ2n) is 4.95. The molecule has 0 fully saturated rings. The first-order valence-electron chi connectivity index (χ1n) is 6.22. The Morgan fingerprint density at radius 2 is 1.94 bits per heavy atom. The summed E-state index contributed by atoms with van der Waals surface area (Å²) >= 11 is 3.03. The molecule has 1 unspecified atom stereocenters. The molecule has 0 aliphatic heterocycles. The van der Waals surface area contributed by atoms with Gasteiger partial charge in [0, 0.05) is 12.0 Å². The van der Waals surface area contributed by atoms with Crippen molar-refractivity contribution in [2.24, 2.45) is 0 Å². The summed E-state index contributed by atoms with van der Waals surface area (Å²) in [7, 11) is 0. The smallest absolute Gasteiger partial charge is 0.143 e. The third kappa shape index (κ3) is 4.32. The lowest BCUT2D eigenvalue weighted by Crippen LogP contribution is -2.28. The molecule has 18 heavy (non-hydrogen) atoms.